The summed E-state index contributed by atoms with van der Waals surface area (Å²) < 4.78 is 9.90. The van der Waals surface area contributed by atoms with Gasteiger partial charge in [-0.1, -0.05) is 38.2 Å². The highest BCUT2D eigenvalue weighted by Gasteiger charge is 2.29. The van der Waals surface area contributed by atoms with Gasteiger partial charge in [-0.3, -0.25) is 14.4 Å². The quantitative estimate of drug-likeness (QED) is 0.0785. The Hall–Kier alpha value is -2.82. The molecule has 0 radical (unpaired) electrons. The lowest BCUT2D eigenvalue weighted by atomic mass is 9.87. The topological polar surface area (TPSA) is 173 Å². The molecule has 0 aliphatic rings. The molecule has 0 rings (SSSR count). The number of ether oxygens (including phenoxy) is 2. The fourth-order valence-electron chi connectivity index (χ4n) is 4.09. The summed E-state index contributed by atoms with van der Waals surface area (Å²) in [5, 5.41) is 30.5. The molecular weight excluding hydrogens is 494 g/mol. The van der Waals surface area contributed by atoms with Crippen molar-refractivity contribution in [2.75, 3.05) is 14.2 Å². The number of unbranched alkanes of at least 4 members (excludes halogenated alkanes) is 1. The highest BCUT2D eigenvalue weighted by molar-refractivity contribution is 5.82. The molecule has 216 valence electrons. The lowest BCUT2D eigenvalue weighted by Crippen LogP contribution is -2.39. The Kier molecular flexibility index (Phi) is 17.8. The predicted octanol–water partition coefficient (Wildman–Crippen LogP) is 2.71. The number of aliphatic hydroxyl groups excluding tert-OH is 2. The van der Waals surface area contributed by atoms with E-state index in [1.54, 1.807) is 39.0 Å². The van der Waals surface area contributed by atoms with Crippen molar-refractivity contribution in [2.45, 2.75) is 84.0 Å². The minimum atomic E-state index is -1.02. The smallest absolute Gasteiger partial charge is 0.330 e. The number of allylic oxidation sites excluding steroid dienone is 3. The van der Waals surface area contributed by atoms with E-state index in [0.29, 0.717) is 31.3 Å². The van der Waals surface area contributed by atoms with E-state index in [-0.39, 0.29) is 25.0 Å². The number of carboxylic acid groups (broad SMARTS) is 1. The van der Waals surface area contributed by atoms with Gasteiger partial charge < -0.3 is 30.5 Å². The summed E-state index contributed by atoms with van der Waals surface area (Å²) in [5.74, 6) is -3.57. The third-order valence-electron chi connectivity index (χ3n) is 6.40. The van der Waals surface area contributed by atoms with Crippen LogP contribution in [-0.2, 0) is 28.7 Å². The number of nitrogens with two attached hydrogens (primary N) is 1. The number of amides is 1. The lowest BCUT2D eigenvalue weighted by Gasteiger charge is -2.29. The van der Waals surface area contributed by atoms with E-state index in [2.05, 4.69) is 4.74 Å². The van der Waals surface area contributed by atoms with Crippen LogP contribution < -0.4 is 5.73 Å². The van der Waals surface area contributed by atoms with Crippen LogP contribution in [0, 0.1) is 17.8 Å². The van der Waals surface area contributed by atoms with Crippen LogP contribution in [0.2, 0.25) is 0 Å². The van der Waals surface area contributed by atoms with Gasteiger partial charge in [0.05, 0.1) is 19.3 Å². The molecule has 0 saturated heterocycles. The number of methoxy groups -OCH3 is 2. The number of ketones is 1. The second kappa shape index (κ2) is 19.3. The zero-order valence-electron chi connectivity index (χ0n) is 23.2. The predicted molar refractivity (Wildman–Crippen MR) is 143 cm³/mol. The fourth-order valence-corrected chi connectivity index (χ4v) is 4.09. The molecule has 5 N–H and O–H groups in total. The number of carbonyl (C=O) groups is 4. The number of Topliss-reactive ketones (excluding diaryl/α,β-unsaturated/α-hetero) is 1. The molecule has 10 nitrogen and oxygen atoms in total. The number of rotatable bonds is 20. The van der Waals surface area contributed by atoms with Crippen molar-refractivity contribution in [3.8, 4) is 0 Å². The normalized spacial score (nSPS) is 17.1. The molecule has 0 fully saturated rings. The van der Waals surface area contributed by atoms with Gasteiger partial charge in [-0.2, -0.15) is 0 Å². The summed E-state index contributed by atoms with van der Waals surface area (Å²) in [5.41, 5.74) is 5.73. The molecule has 6 atom stereocenters. The van der Waals surface area contributed by atoms with Crippen molar-refractivity contribution in [2.24, 2.45) is 23.5 Å². The second-order valence-electron chi connectivity index (χ2n) is 9.62. The van der Waals surface area contributed by atoms with Crippen LogP contribution in [0.15, 0.2) is 36.0 Å². The van der Waals surface area contributed by atoms with Gasteiger partial charge in [0, 0.05) is 44.3 Å². The lowest BCUT2D eigenvalue weighted by molar-refractivity contribution is -0.138. The van der Waals surface area contributed by atoms with Crippen LogP contribution in [-0.4, -0.2) is 71.5 Å². The van der Waals surface area contributed by atoms with Gasteiger partial charge >= 0.3 is 11.9 Å². The SMILES string of the molecule is COC(=O)/C=C/CC/C=C/[C@H](OC)[C@H](O)[C@H](C)[C@H](O)/C(C)=C/[C@@H](C)C(=O)CCC[C@@H](CC(N)=O)CC(=O)O. The Morgan fingerprint density at radius 1 is 1.00 bits per heavy atom. The van der Waals surface area contributed by atoms with Crippen LogP contribution in [0.5, 0.6) is 0 Å². The van der Waals surface area contributed by atoms with Crippen molar-refractivity contribution < 1.29 is 44.0 Å². The third kappa shape index (κ3) is 14.8. The van der Waals surface area contributed by atoms with E-state index in [4.69, 9.17) is 15.6 Å². The van der Waals surface area contributed by atoms with Crippen molar-refractivity contribution in [1.82, 2.24) is 0 Å². The van der Waals surface area contributed by atoms with Crippen LogP contribution in [0.25, 0.3) is 0 Å². The van der Waals surface area contributed by atoms with Crippen LogP contribution in [0.3, 0.4) is 0 Å². The molecule has 0 heterocycles. The number of primary amides is 1. The largest absolute Gasteiger partial charge is 0.481 e. The molecule has 0 saturated carbocycles. The summed E-state index contributed by atoms with van der Waals surface area (Å²) in [6, 6.07) is 0. The van der Waals surface area contributed by atoms with Crippen LogP contribution in [0.1, 0.15) is 65.7 Å². The molecule has 0 aliphatic carbocycles. The average molecular weight is 540 g/mol. The average Bonchev–Trinajstić information content (AvgIpc) is 2.85. The Balaban J connectivity index is 4.91. The minimum absolute atomic E-state index is 0.0361. The monoisotopic (exact) mass is 539 g/mol. The van der Waals surface area contributed by atoms with Crippen LogP contribution >= 0.6 is 0 Å². The number of aliphatic carboxylic acids is 1. The maximum absolute atomic E-state index is 12.6. The summed E-state index contributed by atoms with van der Waals surface area (Å²) >= 11 is 0. The Labute approximate surface area is 225 Å². The van der Waals surface area contributed by atoms with E-state index in [0.717, 1.165) is 0 Å². The number of carbonyl (C=O) groups excluding carboxylic acids is 3. The summed E-state index contributed by atoms with van der Waals surface area (Å²) in [6.07, 6.45) is 7.60. The molecule has 1 amide bonds. The molecular formula is C28H45NO9. The standard InChI is InChI=1S/C28H45NO9/c1-18(22(30)12-10-11-21(16-24(29)31)17-25(32)33)15-19(2)27(35)20(3)28(36)23(37-4)13-8-6-7-9-14-26(34)38-5/h8-9,13-15,18,20-21,23,27-28,35-36H,6-7,10-12,16-17H2,1-5H3,(H2,29,31)(H,32,33)/b13-8+,14-9+,19-15+/t18-,20-,21+,23+,27-,28-/m1/s1. The van der Waals surface area contributed by atoms with Crippen molar-refractivity contribution in [1.29, 1.82) is 0 Å². The molecule has 0 aromatic rings. The van der Waals surface area contributed by atoms with Crippen molar-refractivity contribution in [3.63, 3.8) is 0 Å². The molecule has 0 aromatic heterocycles. The summed E-state index contributed by atoms with van der Waals surface area (Å²) in [6.45, 7) is 5.10. The molecule has 0 unspecified atom stereocenters. The first-order chi connectivity index (χ1) is 17.8. The molecule has 0 spiro atoms. The van der Waals surface area contributed by atoms with Gasteiger partial charge in [-0.25, -0.2) is 4.79 Å². The first-order valence-corrected chi connectivity index (χ1v) is 12.8. The van der Waals surface area contributed by atoms with Crippen molar-refractivity contribution >= 4 is 23.6 Å². The van der Waals surface area contributed by atoms with E-state index in [1.807, 2.05) is 6.08 Å². The van der Waals surface area contributed by atoms with Gasteiger partial charge in [0.25, 0.3) is 0 Å². The van der Waals surface area contributed by atoms with E-state index < -0.39 is 53.9 Å². The second-order valence-corrected chi connectivity index (χ2v) is 9.62. The number of aliphatic hydroxyl groups is 2. The third-order valence-corrected chi connectivity index (χ3v) is 6.40. The van der Waals surface area contributed by atoms with E-state index >= 15 is 0 Å². The van der Waals surface area contributed by atoms with E-state index in [1.165, 1.54) is 20.3 Å². The molecule has 10 heteroatoms. The maximum atomic E-state index is 12.6. The van der Waals surface area contributed by atoms with E-state index in [9.17, 15) is 29.4 Å². The molecule has 0 bridgehead atoms. The zero-order chi connectivity index (χ0) is 29.3. The molecule has 38 heavy (non-hydrogen) atoms. The van der Waals surface area contributed by atoms with Crippen molar-refractivity contribution in [3.05, 3.63) is 36.0 Å². The van der Waals surface area contributed by atoms with Gasteiger partial charge in [-0.15, -0.1) is 0 Å². The number of esters is 1. The number of hydrogen-bond acceptors (Lipinski definition) is 8. The molecule has 0 aliphatic heterocycles. The van der Waals surface area contributed by atoms with Gasteiger partial charge in [0.2, 0.25) is 5.91 Å². The highest BCUT2D eigenvalue weighted by Crippen LogP contribution is 2.23. The fraction of sp³-hybridized carbons (Fsp3) is 0.643. The maximum Gasteiger partial charge on any atom is 0.330 e. The first kappa shape index (κ1) is 35.2. The zero-order valence-corrected chi connectivity index (χ0v) is 23.2. The Morgan fingerprint density at radius 3 is 2.18 bits per heavy atom. The summed E-state index contributed by atoms with van der Waals surface area (Å²) in [7, 11) is 2.77. The molecule has 0 aromatic carbocycles. The van der Waals surface area contributed by atoms with Crippen LogP contribution in [0.4, 0.5) is 0 Å². The van der Waals surface area contributed by atoms with Gasteiger partial charge in [0.15, 0.2) is 0 Å². The first-order valence-electron chi connectivity index (χ1n) is 12.8. The Morgan fingerprint density at radius 2 is 1.63 bits per heavy atom. The summed E-state index contributed by atoms with van der Waals surface area (Å²) in [4.78, 5) is 45.8. The number of hydrogen-bond donors (Lipinski definition) is 4. The Bertz CT molecular complexity index is 833. The minimum Gasteiger partial charge on any atom is -0.481 e. The van der Waals surface area contributed by atoms with Gasteiger partial charge in [-0.05, 0) is 44.1 Å². The number of carboxylic acids is 1. The highest BCUT2D eigenvalue weighted by atomic mass is 16.5. The van der Waals surface area contributed by atoms with Gasteiger partial charge in [0.1, 0.15) is 11.9 Å².